The first-order chi connectivity index (χ1) is 8.85. The van der Waals surface area contributed by atoms with Gasteiger partial charge >= 0.3 is 0 Å². The van der Waals surface area contributed by atoms with Crippen LogP contribution in [0.3, 0.4) is 0 Å². The fraction of sp³-hybridized carbons (Fsp3) is 0.400. The Kier molecular flexibility index (Phi) is 4.40. The molecular formula is C15H21N3. The van der Waals surface area contributed by atoms with Gasteiger partial charge in [0.2, 0.25) is 0 Å². The molecule has 0 aliphatic carbocycles. The Balaban J connectivity index is 1.97. The zero-order valence-corrected chi connectivity index (χ0v) is 11.0. The van der Waals surface area contributed by atoms with E-state index in [-0.39, 0.29) is 0 Å². The third-order valence-electron chi connectivity index (χ3n) is 3.38. The van der Waals surface area contributed by atoms with E-state index < -0.39 is 0 Å². The predicted molar refractivity (Wildman–Crippen MR) is 76.9 cm³/mol. The Morgan fingerprint density at radius 1 is 1.50 bits per heavy atom. The smallest absolute Gasteiger partial charge is 0.193 e. The third-order valence-corrected chi connectivity index (χ3v) is 3.38. The molecule has 2 rings (SSSR count). The summed E-state index contributed by atoms with van der Waals surface area (Å²) in [5.74, 6) is 1.60. The number of benzene rings is 1. The van der Waals surface area contributed by atoms with E-state index in [2.05, 4.69) is 52.1 Å². The molecule has 1 fully saturated rings. The summed E-state index contributed by atoms with van der Waals surface area (Å²) >= 11 is 0. The first-order valence-electron chi connectivity index (χ1n) is 6.46. The molecule has 0 saturated carbocycles. The number of nitrogens with one attached hydrogen (secondary N) is 1. The summed E-state index contributed by atoms with van der Waals surface area (Å²) in [6, 6.07) is 10.7. The number of hydrogen-bond acceptors (Lipinski definition) is 1. The van der Waals surface area contributed by atoms with Gasteiger partial charge in [-0.05, 0) is 12.0 Å². The minimum Gasteiger partial charge on any atom is -0.353 e. The second kappa shape index (κ2) is 6.24. The van der Waals surface area contributed by atoms with Gasteiger partial charge in [0, 0.05) is 32.6 Å². The summed E-state index contributed by atoms with van der Waals surface area (Å²) in [4.78, 5) is 6.64. The molecule has 1 aliphatic heterocycles. The molecule has 1 atom stereocenters. The van der Waals surface area contributed by atoms with Crippen LogP contribution in [0.15, 0.2) is 48.0 Å². The highest BCUT2D eigenvalue weighted by molar-refractivity contribution is 5.80. The lowest BCUT2D eigenvalue weighted by atomic mass is 9.99. The van der Waals surface area contributed by atoms with Crippen LogP contribution in [0.4, 0.5) is 0 Å². The van der Waals surface area contributed by atoms with Crippen LogP contribution in [0.2, 0.25) is 0 Å². The molecule has 1 aliphatic rings. The van der Waals surface area contributed by atoms with Crippen LogP contribution in [0.5, 0.6) is 0 Å². The van der Waals surface area contributed by atoms with Gasteiger partial charge in [-0.15, -0.1) is 6.58 Å². The standard InChI is InChI=1S/C15H21N3/c1-3-10-17-15(16-2)18-11-9-14(12-18)13-7-5-4-6-8-13/h3-8,14H,1,9-12H2,2H3,(H,16,17). The zero-order chi connectivity index (χ0) is 12.8. The number of likely N-dealkylation sites (tertiary alicyclic amines) is 1. The predicted octanol–water partition coefficient (Wildman–Crippen LogP) is 2.24. The Hall–Kier alpha value is -1.77. The van der Waals surface area contributed by atoms with E-state index in [1.165, 1.54) is 12.0 Å². The van der Waals surface area contributed by atoms with Crippen LogP contribution in [-0.2, 0) is 0 Å². The first-order valence-corrected chi connectivity index (χ1v) is 6.46. The Bertz CT molecular complexity index is 411. The SMILES string of the molecule is C=CCNC(=NC)N1CCC(c2ccccc2)C1. The molecule has 0 bridgehead atoms. The maximum atomic E-state index is 4.32. The van der Waals surface area contributed by atoms with Crippen molar-refractivity contribution in [3.05, 3.63) is 48.6 Å². The van der Waals surface area contributed by atoms with E-state index in [9.17, 15) is 0 Å². The molecule has 0 radical (unpaired) electrons. The van der Waals surface area contributed by atoms with Crippen molar-refractivity contribution in [3.63, 3.8) is 0 Å². The fourth-order valence-electron chi connectivity index (χ4n) is 2.45. The molecule has 1 unspecified atom stereocenters. The van der Waals surface area contributed by atoms with E-state index in [1.54, 1.807) is 0 Å². The summed E-state index contributed by atoms with van der Waals surface area (Å²) in [6.07, 6.45) is 3.05. The van der Waals surface area contributed by atoms with Crippen LogP contribution >= 0.6 is 0 Å². The van der Waals surface area contributed by atoms with Crippen molar-refractivity contribution < 1.29 is 0 Å². The van der Waals surface area contributed by atoms with Crippen LogP contribution in [0.1, 0.15) is 17.9 Å². The molecule has 0 amide bonds. The topological polar surface area (TPSA) is 27.6 Å². The third kappa shape index (κ3) is 2.92. The largest absolute Gasteiger partial charge is 0.353 e. The molecule has 3 nitrogen and oxygen atoms in total. The maximum Gasteiger partial charge on any atom is 0.193 e. The summed E-state index contributed by atoms with van der Waals surface area (Å²) in [5.41, 5.74) is 1.43. The monoisotopic (exact) mass is 243 g/mol. The van der Waals surface area contributed by atoms with Crippen molar-refractivity contribution in [1.29, 1.82) is 0 Å². The number of rotatable bonds is 3. The summed E-state index contributed by atoms with van der Waals surface area (Å²) in [5, 5.41) is 3.29. The molecule has 1 aromatic rings. The molecule has 1 heterocycles. The number of guanidine groups is 1. The van der Waals surface area contributed by atoms with Crippen LogP contribution in [0.25, 0.3) is 0 Å². The molecule has 0 spiro atoms. The first kappa shape index (κ1) is 12.7. The van der Waals surface area contributed by atoms with E-state index in [1.807, 2.05) is 13.1 Å². The highest BCUT2D eigenvalue weighted by atomic mass is 15.3. The summed E-state index contributed by atoms with van der Waals surface area (Å²) in [7, 11) is 1.83. The van der Waals surface area contributed by atoms with Crippen LogP contribution in [0, 0.1) is 0 Å². The van der Waals surface area contributed by atoms with Crippen LogP contribution < -0.4 is 5.32 Å². The normalized spacial score (nSPS) is 19.9. The fourth-order valence-corrected chi connectivity index (χ4v) is 2.45. The van der Waals surface area contributed by atoms with Gasteiger partial charge in [0.1, 0.15) is 0 Å². The van der Waals surface area contributed by atoms with Gasteiger partial charge in [-0.25, -0.2) is 0 Å². The Labute approximate surface area is 109 Å². The van der Waals surface area contributed by atoms with Crippen molar-refractivity contribution in [2.75, 3.05) is 26.7 Å². The van der Waals surface area contributed by atoms with Crippen molar-refractivity contribution in [2.45, 2.75) is 12.3 Å². The minimum atomic E-state index is 0.619. The lowest BCUT2D eigenvalue weighted by Crippen LogP contribution is -2.39. The molecule has 3 heteroatoms. The highest BCUT2D eigenvalue weighted by Crippen LogP contribution is 2.26. The average molecular weight is 243 g/mol. The average Bonchev–Trinajstić information content (AvgIpc) is 2.90. The van der Waals surface area contributed by atoms with Gasteiger partial charge in [-0.1, -0.05) is 36.4 Å². The lowest BCUT2D eigenvalue weighted by molar-refractivity contribution is 0.490. The molecule has 18 heavy (non-hydrogen) atoms. The quantitative estimate of drug-likeness (QED) is 0.501. The van der Waals surface area contributed by atoms with Crippen molar-refractivity contribution in [1.82, 2.24) is 10.2 Å². The molecule has 96 valence electrons. The van der Waals surface area contributed by atoms with Gasteiger partial charge in [0.25, 0.3) is 0 Å². The van der Waals surface area contributed by atoms with Gasteiger partial charge in [0.05, 0.1) is 0 Å². The number of hydrogen-bond donors (Lipinski definition) is 1. The van der Waals surface area contributed by atoms with E-state index in [0.717, 1.165) is 25.6 Å². The molecular weight excluding hydrogens is 222 g/mol. The van der Waals surface area contributed by atoms with Gasteiger partial charge in [-0.2, -0.15) is 0 Å². The molecule has 1 aromatic carbocycles. The van der Waals surface area contributed by atoms with Gasteiger partial charge in [0.15, 0.2) is 5.96 Å². The van der Waals surface area contributed by atoms with E-state index >= 15 is 0 Å². The Morgan fingerprint density at radius 2 is 2.28 bits per heavy atom. The van der Waals surface area contributed by atoms with Crippen LogP contribution in [-0.4, -0.2) is 37.5 Å². The van der Waals surface area contributed by atoms with E-state index in [4.69, 9.17) is 0 Å². The molecule has 1 N–H and O–H groups in total. The minimum absolute atomic E-state index is 0.619. The summed E-state index contributed by atoms with van der Waals surface area (Å²) < 4.78 is 0. The zero-order valence-electron chi connectivity index (χ0n) is 11.0. The summed E-state index contributed by atoms with van der Waals surface area (Å²) in [6.45, 7) is 6.59. The van der Waals surface area contributed by atoms with Crippen molar-refractivity contribution >= 4 is 5.96 Å². The lowest BCUT2D eigenvalue weighted by Gasteiger charge is -2.21. The molecule has 0 aromatic heterocycles. The second-order valence-corrected chi connectivity index (χ2v) is 4.56. The van der Waals surface area contributed by atoms with Crippen molar-refractivity contribution in [2.24, 2.45) is 4.99 Å². The number of aliphatic imine (C=N–C) groups is 1. The van der Waals surface area contributed by atoms with Gasteiger partial charge in [-0.3, -0.25) is 4.99 Å². The van der Waals surface area contributed by atoms with Gasteiger partial charge < -0.3 is 10.2 Å². The Morgan fingerprint density at radius 3 is 2.94 bits per heavy atom. The highest BCUT2D eigenvalue weighted by Gasteiger charge is 2.25. The van der Waals surface area contributed by atoms with E-state index in [0.29, 0.717) is 5.92 Å². The maximum absolute atomic E-state index is 4.32. The number of nitrogens with zero attached hydrogens (tertiary/aromatic N) is 2. The molecule has 1 saturated heterocycles. The second-order valence-electron chi connectivity index (χ2n) is 4.56. The van der Waals surface area contributed by atoms with Crippen molar-refractivity contribution in [3.8, 4) is 0 Å².